The highest BCUT2D eigenvalue weighted by atomic mass is 35.5. The Labute approximate surface area is 286 Å². The topological polar surface area (TPSA) is 71.5 Å². The highest BCUT2D eigenvalue weighted by Gasteiger charge is 2.51. The van der Waals surface area contributed by atoms with Crippen LogP contribution in [0.3, 0.4) is 0 Å². The van der Waals surface area contributed by atoms with Gasteiger partial charge >= 0.3 is 6.18 Å². The maximum absolute atomic E-state index is 14.8. The molecule has 1 spiro atoms. The molecule has 1 amide bonds. The van der Waals surface area contributed by atoms with E-state index < -0.39 is 30.0 Å². The summed E-state index contributed by atoms with van der Waals surface area (Å²) in [5.41, 5.74) is 1.98. The lowest BCUT2D eigenvalue weighted by molar-refractivity contribution is -0.171. The number of piperidine rings is 1. The molecule has 4 fully saturated rings. The molecule has 0 aromatic heterocycles. The minimum atomic E-state index is -4.46. The molecule has 2 aromatic carbocycles. The van der Waals surface area contributed by atoms with E-state index in [0.29, 0.717) is 60.8 Å². The third-order valence-corrected chi connectivity index (χ3v) is 11.4. The zero-order valence-electron chi connectivity index (χ0n) is 27.8. The molecule has 4 aliphatic rings. The lowest BCUT2D eigenvalue weighted by Gasteiger charge is -2.47. The molecule has 2 aliphatic carbocycles. The lowest BCUT2D eigenvalue weighted by atomic mass is 9.65. The fourth-order valence-electron chi connectivity index (χ4n) is 8.26. The van der Waals surface area contributed by atoms with Gasteiger partial charge in [0.15, 0.2) is 5.96 Å². The van der Waals surface area contributed by atoms with Crippen LogP contribution in [0.2, 0.25) is 5.02 Å². The summed E-state index contributed by atoms with van der Waals surface area (Å²) in [7, 11) is 1.84. The average molecular weight is 690 g/mol. The van der Waals surface area contributed by atoms with E-state index in [1.54, 1.807) is 18.2 Å². The van der Waals surface area contributed by atoms with E-state index in [9.17, 15) is 22.4 Å². The molecule has 3 atom stereocenters. The Balaban J connectivity index is 1.36. The fraction of sp³-hybridized carbons (Fsp3) is 0.622. The Bertz CT molecular complexity index is 1470. The van der Waals surface area contributed by atoms with E-state index in [1.165, 1.54) is 31.4 Å². The molecule has 6 nitrogen and oxygen atoms in total. The van der Waals surface area contributed by atoms with Crippen LogP contribution in [0, 0.1) is 22.6 Å². The smallest absolute Gasteiger partial charge is 0.345 e. The van der Waals surface area contributed by atoms with Gasteiger partial charge in [0, 0.05) is 44.7 Å². The number of guanidine groups is 1. The first-order chi connectivity index (χ1) is 22.9. The SMILES string of the molecule is CN1CCN(Cc2cc(C(=O)N[C@H](c3ccc(F)c(Cl)c3)C3CC3)cc(C3CC4(CCCCCCCCC4)CNC3C(F)(F)F)c2)C1=N. The minimum Gasteiger partial charge on any atom is -0.345 e. The van der Waals surface area contributed by atoms with E-state index in [4.69, 9.17) is 17.0 Å². The van der Waals surface area contributed by atoms with Crippen molar-refractivity contribution in [2.24, 2.45) is 11.3 Å². The van der Waals surface area contributed by atoms with Crippen molar-refractivity contribution < 1.29 is 22.4 Å². The number of amides is 1. The number of alkyl halides is 3. The first kappa shape index (κ1) is 35.0. The maximum Gasteiger partial charge on any atom is 0.404 e. The van der Waals surface area contributed by atoms with Crippen molar-refractivity contribution in [3.05, 3.63) is 69.5 Å². The van der Waals surface area contributed by atoms with Crippen molar-refractivity contribution in [1.29, 1.82) is 5.41 Å². The first-order valence-electron chi connectivity index (χ1n) is 17.7. The molecule has 0 bridgehead atoms. The summed E-state index contributed by atoms with van der Waals surface area (Å²) in [6, 6.07) is 7.60. The first-order valence-corrected chi connectivity index (χ1v) is 18.0. The van der Waals surface area contributed by atoms with Crippen LogP contribution in [0.1, 0.15) is 116 Å². The molecule has 2 heterocycles. The number of hydrogen-bond acceptors (Lipinski definition) is 3. The molecule has 2 aromatic rings. The molecular weight excluding hydrogens is 642 g/mol. The van der Waals surface area contributed by atoms with Crippen LogP contribution in [0.4, 0.5) is 17.6 Å². The van der Waals surface area contributed by atoms with Crippen LogP contribution in [-0.4, -0.2) is 60.6 Å². The van der Waals surface area contributed by atoms with Crippen molar-refractivity contribution in [3.8, 4) is 0 Å². The number of nitrogens with one attached hydrogen (secondary N) is 3. The maximum atomic E-state index is 14.8. The predicted molar refractivity (Wildman–Crippen MR) is 181 cm³/mol. The summed E-state index contributed by atoms with van der Waals surface area (Å²) in [5.74, 6) is -1.26. The van der Waals surface area contributed by atoms with Gasteiger partial charge in [-0.1, -0.05) is 68.7 Å². The molecule has 6 rings (SSSR count). The summed E-state index contributed by atoms with van der Waals surface area (Å²) in [5, 5.41) is 14.6. The summed E-state index contributed by atoms with van der Waals surface area (Å²) >= 11 is 6.10. The molecule has 11 heteroatoms. The molecule has 2 unspecified atom stereocenters. The van der Waals surface area contributed by atoms with Crippen LogP contribution in [0.5, 0.6) is 0 Å². The Morgan fingerprint density at radius 3 is 2.33 bits per heavy atom. The van der Waals surface area contributed by atoms with Gasteiger partial charge in [0.25, 0.3) is 5.91 Å². The molecule has 3 N–H and O–H groups in total. The molecule has 2 saturated carbocycles. The highest BCUT2D eigenvalue weighted by Crippen LogP contribution is 2.49. The van der Waals surface area contributed by atoms with Gasteiger partial charge in [-0.05, 0) is 84.4 Å². The van der Waals surface area contributed by atoms with Crippen LogP contribution < -0.4 is 10.6 Å². The van der Waals surface area contributed by atoms with Crippen LogP contribution >= 0.6 is 11.6 Å². The number of carbonyl (C=O) groups excluding carboxylic acids is 1. The zero-order valence-corrected chi connectivity index (χ0v) is 28.5. The molecule has 2 aliphatic heterocycles. The van der Waals surface area contributed by atoms with E-state index >= 15 is 0 Å². The van der Waals surface area contributed by atoms with Crippen LogP contribution in [-0.2, 0) is 6.54 Å². The van der Waals surface area contributed by atoms with Gasteiger partial charge in [-0.2, -0.15) is 13.2 Å². The van der Waals surface area contributed by atoms with E-state index in [2.05, 4.69) is 10.6 Å². The van der Waals surface area contributed by atoms with E-state index in [-0.39, 0.29) is 22.3 Å². The van der Waals surface area contributed by atoms with Crippen molar-refractivity contribution in [2.75, 3.05) is 26.7 Å². The number of likely N-dealkylation sites (N-methyl/N-ethyl adjacent to an activating group) is 1. The number of hydrogen-bond donors (Lipinski definition) is 3. The Kier molecular flexibility index (Phi) is 10.6. The second-order valence-corrected chi connectivity index (χ2v) is 15.2. The summed E-state index contributed by atoms with van der Waals surface area (Å²) in [4.78, 5) is 17.8. The third-order valence-electron chi connectivity index (χ3n) is 11.1. The van der Waals surface area contributed by atoms with Gasteiger partial charge in [-0.25, -0.2) is 4.39 Å². The standard InChI is InChI=1S/C37H48ClF4N5O/c1-46-15-16-47(35(46)43)22-24-17-27(19-28(18-24)34(48)45-32(25-9-10-25)26-11-12-31(39)30(38)20-26)29-21-36(23-44-33(29)37(40,41)42)13-7-5-3-2-4-6-8-14-36/h11-12,17-20,25,29,32-33,43-44H,2-10,13-16,21-23H2,1H3,(H,45,48)/t29?,32-,33?/m0/s1. The van der Waals surface area contributed by atoms with Crippen LogP contribution in [0.15, 0.2) is 36.4 Å². The Morgan fingerprint density at radius 2 is 1.73 bits per heavy atom. The summed E-state index contributed by atoms with van der Waals surface area (Å²) in [6.07, 6.45) is 7.35. The molecule has 262 valence electrons. The van der Waals surface area contributed by atoms with Gasteiger partial charge in [0.2, 0.25) is 0 Å². The number of nitrogens with zero attached hydrogens (tertiary/aromatic N) is 2. The van der Waals surface area contributed by atoms with Crippen LogP contribution in [0.25, 0.3) is 0 Å². The summed E-state index contributed by atoms with van der Waals surface area (Å²) in [6.45, 7) is 1.97. The minimum absolute atomic E-state index is 0.0211. The Hall–Kier alpha value is -2.85. The number of rotatable bonds is 7. The summed E-state index contributed by atoms with van der Waals surface area (Å²) < 4.78 is 58.3. The third kappa shape index (κ3) is 8.12. The zero-order chi connectivity index (χ0) is 34.1. The van der Waals surface area contributed by atoms with Gasteiger partial charge in [-0.3, -0.25) is 10.2 Å². The van der Waals surface area contributed by atoms with Gasteiger partial charge < -0.3 is 20.4 Å². The monoisotopic (exact) mass is 689 g/mol. The van der Waals surface area contributed by atoms with Crippen molar-refractivity contribution in [1.82, 2.24) is 20.4 Å². The molecular formula is C37H48ClF4N5O. The fourth-order valence-corrected chi connectivity index (χ4v) is 8.44. The second kappa shape index (κ2) is 14.6. The second-order valence-electron chi connectivity index (χ2n) is 14.8. The predicted octanol–water partition coefficient (Wildman–Crippen LogP) is 8.56. The molecule has 0 radical (unpaired) electrons. The van der Waals surface area contributed by atoms with E-state index in [1.807, 2.05) is 22.9 Å². The Morgan fingerprint density at radius 1 is 1.04 bits per heavy atom. The van der Waals surface area contributed by atoms with Crippen molar-refractivity contribution in [2.45, 2.75) is 108 Å². The highest BCUT2D eigenvalue weighted by molar-refractivity contribution is 6.30. The lowest BCUT2D eigenvalue weighted by Crippen LogP contribution is -2.56. The quantitative estimate of drug-likeness (QED) is 0.255. The molecule has 2 saturated heterocycles. The van der Waals surface area contributed by atoms with Gasteiger partial charge in [0.05, 0.1) is 11.1 Å². The largest absolute Gasteiger partial charge is 0.404 e. The number of halogens is 5. The van der Waals surface area contributed by atoms with Gasteiger partial charge in [0.1, 0.15) is 11.9 Å². The number of benzene rings is 2. The van der Waals surface area contributed by atoms with Crippen molar-refractivity contribution >= 4 is 23.5 Å². The van der Waals surface area contributed by atoms with Crippen molar-refractivity contribution in [3.63, 3.8) is 0 Å². The molecule has 48 heavy (non-hydrogen) atoms. The number of carbonyl (C=O) groups is 1. The van der Waals surface area contributed by atoms with E-state index in [0.717, 1.165) is 51.4 Å². The normalized spacial score (nSPS) is 24.5. The van der Waals surface area contributed by atoms with Gasteiger partial charge in [-0.15, -0.1) is 0 Å². The average Bonchev–Trinajstić information content (AvgIpc) is 3.85.